The summed E-state index contributed by atoms with van der Waals surface area (Å²) in [4.78, 5) is 1.27. The van der Waals surface area contributed by atoms with Crippen molar-refractivity contribution < 1.29 is 0 Å². The Bertz CT molecular complexity index is 302. The van der Waals surface area contributed by atoms with E-state index in [-0.39, 0.29) is 0 Å². The van der Waals surface area contributed by atoms with E-state index in [2.05, 4.69) is 30.4 Å². The fourth-order valence-electron chi connectivity index (χ4n) is 1.29. The molecular formula is C12H18ClNS. The first-order valence-electron chi connectivity index (χ1n) is 5.33. The average Bonchev–Trinajstić information content (AvgIpc) is 2.23. The number of unbranched alkanes of at least 4 members (excludes halogenated alkanes) is 1. The summed E-state index contributed by atoms with van der Waals surface area (Å²) < 4.78 is 0. The van der Waals surface area contributed by atoms with Gasteiger partial charge in [-0.1, -0.05) is 31.0 Å². The second-order valence-corrected chi connectivity index (χ2v) is 5.06. The summed E-state index contributed by atoms with van der Waals surface area (Å²) in [5.41, 5.74) is 1.17. The normalized spacial score (nSPS) is 10.6. The number of halogens is 1. The van der Waals surface area contributed by atoms with Crippen LogP contribution in [0.5, 0.6) is 0 Å². The molecule has 0 spiro atoms. The van der Waals surface area contributed by atoms with E-state index in [9.17, 15) is 0 Å². The average molecular weight is 244 g/mol. The van der Waals surface area contributed by atoms with E-state index in [0.717, 1.165) is 11.6 Å². The maximum atomic E-state index is 6.17. The third-order valence-electron chi connectivity index (χ3n) is 2.16. The summed E-state index contributed by atoms with van der Waals surface area (Å²) >= 11 is 8.05. The van der Waals surface area contributed by atoms with Crippen LogP contribution in [-0.4, -0.2) is 12.8 Å². The van der Waals surface area contributed by atoms with Crippen LogP contribution in [0.3, 0.4) is 0 Å². The fourth-order valence-corrected chi connectivity index (χ4v) is 2.63. The molecule has 1 nitrogen and oxygen atoms in total. The van der Waals surface area contributed by atoms with Gasteiger partial charge in [0.25, 0.3) is 0 Å². The van der Waals surface area contributed by atoms with Crippen LogP contribution in [0, 0.1) is 0 Å². The Morgan fingerprint density at radius 1 is 1.40 bits per heavy atom. The lowest BCUT2D eigenvalue weighted by Crippen LogP contribution is -2.05. The summed E-state index contributed by atoms with van der Waals surface area (Å²) in [6, 6.07) is 6.32. The molecule has 0 aromatic heterocycles. The Balaban J connectivity index is 2.56. The van der Waals surface area contributed by atoms with E-state index in [1.807, 2.05) is 18.8 Å². The van der Waals surface area contributed by atoms with Crippen molar-refractivity contribution >= 4 is 23.4 Å². The van der Waals surface area contributed by atoms with E-state index in [1.54, 1.807) is 0 Å². The standard InChI is InChI=1S/C12H18ClNS/c1-3-4-7-15-11-6-5-10(9-14-2)12(13)8-11/h5-6,8,14H,3-4,7,9H2,1-2H3. The molecule has 84 valence electrons. The number of rotatable bonds is 6. The molecule has 0 aliphatic heterocycles. The minimum Gasteiger partial charge on any atom is -0.316 e. The highest BCUT2D eigenvalue weighted by Crippen LogP contribution is 2.25. The molecule has 0 aliphatic rings. The number of hydrogen-bond donors (Lipinski definition) is 1. The molecule has 0 fully saturated rings. The van der Waals surface area contributed by atoms with Crippen LogP contribution >= 0.6 is 23.4 Å². The van der Waals surface area contributed by atoms with Crippen LogP contribution < -0.4 is 5.32 Å². The first kappa shape index (κ1) is 12.9. The highest BCUT2D eigenvalue weighted by Gasteiger charge is 2.01. The van der Waals surface area contributed by atoms with Crippen molar-refractivity contribution in [3.8, 4) is 0 Å². The van der Waals surface area contributed by atoms with Crippen molar-refractivity contribution in [3.63, 3.8) is 0 Å². The number of nitrogens with one attached hydrogen (secondary N) is 1. The molecule has 15 heavy (non-hydrogen) atoms. The second kappa shape index (κ2) is 7.15. The van der Waals surface area contributed by atoms with E-state index < -0.39 is 0 Å². The fraction of sp³-hybridized carbons (Fsp3) is 0.500. The number of benzene rings is 1. The zero-order valence-corrected chi connectivity index (χ0v) is 10.9. The van der Waals surface area contributed by atoms with Crippen molar-refractivity contribution in [3.05, 3.63) is 28.8 Å². The maximum Gasteiger partial charge on any atom is 0.0462 e. The molecule has 1 rings (SSSR count). The topological polar surface area (TPSA) is 12.0 Å². The first-order valence-corrected chi connectivity index (χ1v) is 6.70. The SMILES string of the molecule is CCCCSc1ccc(CNC)c(Cl)c1. The highest BCUT2D eigenvalue weighted by atomic mass is 35.5. The van der Waals surface area contributed by atoms with Gasteiger partial charge in [-0.05, 0) is 36.9 Å². The summed E-state index contributed by atoms with van der Waals surface area (Å²) in [6.07, 6.45) is 2.51. The lowest BCUT2D eigenvalue weighted by atomic mass is 10.2. The van der Waals surface area contributed by atoms with Crippen molar-refractivity contribution in [2.24, 2.45) is 0 Å². The molecule has 0 radical (unpaired) electrons. The molecule has 0 saturated carbocycles. The minimum absolute atomic E-state index is 0.832. The Labute approximate surface area is 102 Å². The van der Waals surface area contributed by atoms with Crippen LogP contribution in [0.25, 0.3) is 0 Å². The number of hydrogen-bond acceptors (Lipinski definition) is 2. The third kappa shape index (κ3) is 4.45. The first-order chi connectivity index (χ1) is 7.27. The number of thioether (sulfide) groups is 1. The van der Waals surface area contributed by atoms with Gasteiger partial charge in [0.1, 0.15) is 0 Å². The molecule has 1 aromatic rings. The zero-order valence-electron chi connectivity index (χ0n) is 9.35. The van der Waals surface area contributed by atoms with Gasteiger partial charge in [-0.25, -0.2) is 0 Å². The quantitative estimate of drug-likeness (QED) is 0.600. The molecule has 0 amide bonds. The van der Waals surface area contributed by atoms with Crippen molar-refractivity contribution in [1.82, 2.24) is 5.32 Å². The zero-order chi connectivity index (χ0) is 11.1. The molecule has 0 unspecified atom stereocenters. The predicted molar refractivity (Wildman–Crippen MR) is 69.8 cm³/mol. The Morgan fingerprint density at radius 2 is 2.20 bits per heavy atom. The third-order valence-corrected chi connectivity index (χ3v) is 3.59. The smallest absolute Gasteiger partial charge is 0.0462 e. The van der Waals surface area contributed by atoms with Gasteiger partial charge in [-0.15, -0.1) is 11.8 Å². The molecule has 1 aromatic carbocycles. The van der Waals surface area contributed by atoms with Crippen molar-refractivity contribution in [2.75, 3.05) is 12.8 Å². The summed E-state index contributed by atoms with van der Waals surface area (Å²) in [6.45, 7) is 3.04. The van der Waals surface area contributed by atoms with Crippen LogP contribution in [0.1, 0.15) is 25.3 Å². The lowest BCUT2D eigenvalue weighted by Gasteiger charge is -2.06. The monoisotopic (exact) mass is 243 g/mol. The van der Waals surface area contributed by atoms with E-state index >= 15 is 0 Å². The van der Waals surface area contributed by atoms with Gasteiger partial charge in [-0.3, -0.25) is 0 Å². The molecule has 0 atom stereocenters. The Hall–Kier alpha value is -0.180. The molecule has 0 aliphatic carbocycles. The van der Waals surface area contributed by atoms with Gasteiger partial charge < -0.3 is 5.32 Å². The van der Waals surface area contributed by atoms with Crippen LogP contribution in [0.2, 0.25) is 5.02 Å². The van der Waals surface area contributed by atoms with Crippen LogP contribution in [0.15, 0.2) is 23.1 Å². The summed E-state index contributed by atoms with van der Waals surface area (Å²) in [7, 11) is 1.93. The van der Waals surface area contributed by atoms with Gasteiger partial charge in [0.05, 0.1) is 0 Å². The van der Waals surface area contributed by atoms with Crippen LogP contribution in [0.4, 0.5) is 0 Å². The van der Waals surface area contributed by atoms with Crippen molar-refractivity contribution in [1.29, 1.82) is 0 Å². The molecule has 3 heteroatoms. The molecular weight excluding hydrogens is 226 g/mol. The molecule has 1 N–H and O–H groups in total. The van der Waals surface area contributed by atoms with Crippen molar-refractivity contribution in [2.45, 2.75) is 31.2 Å². The molecule has 0 heterocycles. The molecule has 0 bridgehead atoms. The Kier molecular flexibility index (Phi) is 6.15. The van der Waals surface area contributed by atoms with Gasteiger partial charge in [0, 0.05) is 16.5 Å². The van der Waals surface area contributed by atoms with E-state index in [1.165, 1.54) is 29.1 Å². The Morgan fingerprint density at radius 3 is 2.80 bits per heavy atom. The van der Waals surface area contributed by atoms with E-state index in [0.29, 0.717) is 0 Å². The summed E-state index contributed by atoms with van der Waals surface area (Å²) in [5, 5.41) is 3.97. The van der Waals surface area contributed by atoms with Gasteiger partial charge in [-0.2, -0.15) is 0 Å². The minimum atomic E-state index is 0.832. The highest BCUT2D eigenvalue weighted by molar-refractivity contribution is 7.99. The van der Waals surface area contributed by atoms with E-state index in [4.69, 9.17) is 11.6 Å². The summed E-state index contributed by atoms with van der Waals surface area (Å²) in [5.74, 6) is 1.18. The predicted octanol–water partition coefficient (Wildman–Crippen LogP) is 3.95. The van der Waals surface area contributed by atoms with Gasteiger partial charge in [0.15, 0.2) is 0 Å². The molecule has 0 saturated heterocycles. The van der Waals surface area contributed by atoms with Gasteiger partial charge >= 0.3 is 0 Å². The van der Waals surface area contributed by atoms with Crippen LogP contribution in [-0.2, 0) is 6.54 Å². The largest absolute Gasteiger partial charge is 0.316 e. The second-order valence-electron chi connectivity index (χ2n) is 3.49. The lowest BCUT2D eigenvalue weighted by molar-refractivity contribution is 0.817. The van der Waals surface area contributed by atoms with Gasteiger partial charge in [0.2, 0.25) is 0 Å². The maximum absolute atomic E-state index is 6.17.